The molecule has 0 aliphatic heterocycles. The number of pyridine rings is 1. The van der Waals surface area contributed by atoms with Crippen LogP contribution in [0.1, 0.15) is 28.5 Å². The fourth-order valence-electron chi connectivity index (χ4n) is 3.28. The number of aryl methyl sites for hydroxylation is 1. The molecular weight excluding hydrogens is 414 g/mol. The number of esters is 1. The second-order valence-corrected chi connectivity index (χ2v) is 7.90. The van der Waals surface area contributed by atoms with Crippen LogP contribution in [0.3, 0.4) is 0 Å². The molecule has 31 heavy (non-hydrogen) atoms. The quantitative estimate of drug-likeness (QED) is 0.398. The molecule has 0 radical (unpaired) electrons. The molecular formula is C23H21N3O4S. The molecule has 4 rings (SSSR count). The van der Waals surface area contributed by atoms with E-state index in [4.69, 9.17) is 9.26 Å². The highest BCUT2D eigenvalue weighted by atomic mass is 32.1. The van der Waals surface area contributed by atoms with Gasteiger partial charge in [-0.25, -0.2) is 9.78 Å². The zero-order chi connectivity index (χ0) is 21.8. The maximum Gasteiger partial charge on any atom is 0.339 e. The Bertz CT molecular complexity index is 1200. The summed E-state index contributed by atoms with van der Waals surface area (Å²) in [4.78, 5) is 32.6. The van der Waals surface area contributed by atoms with Gasteiger partial charge in [-0.3, -0.25) is 4.79 Å². The third-order valence-corrected chi connectivity index (χ3v) is 5.78. The third kappa shape index (κ3) is 4.49. The number of rotatable bonds is 7. The van der Waals surface area contributed by atoms with E-state index in [0.717, 1.165) is 10.4 Å². The van der Waals surface area contributed by atoms with Gasteiger partial charge in [0.25, 0.3) is 11.6 Å². The van der Waals surface area contributed by atoms with Gasteiger partial charge in [0, 0.05) is 13.1 Å². The first-order valence-corrected chi connectivity index (χ1v) is 10.7. The normalized spacial score (nSPS) is 10.9. The van der Waals surface area contributed by atoms with Crippen LogP contribution in [0.2, 0.25) is 0 Å². The Morgan fingerprint density at radius 3 is 2.68 bits per heavy atom. The van der Waals surface area contributed by atoms with E-state index in [9.17, 15) is 9.59 Å². The summed E-state index contributed by atoms with van der Waals surface area (Å²) in [6.45, 7) is 4.25. The van der Waals surface area contributed by atoms with Gasteiger partial charge < -0.3 is 14.2 Å². The van der Waals surface area contributed by atoms with E-state index in [0.29, 0.717) is 29.9 Å². The average Bonchev–Trinajstić information content (AvgIpc) is 3.46. The lowest BCUT2D eigenvalue weighted by Crippen LogP contribution is -2.34. The minimum absolute atomic E-state index is 0.259. The topological polar surface area (TPSA) is 85.5 Å². The molecule has 0 N–H and O–H groups in total. The molecule has 0 atom stereocenters. The van der Waals surface area contributed by atoms with Crippen LogP contribution in [0.25, 0.3) is 21.7 Å². The molecule has 0 aliphatic rings. The zero-order valence-corrected chi connectivity index (χ0v) is 18.0. The van der Waals surface area contributed by atoms with Gasteiger partial charge >= 0.3 is 5.97 Å². The van der Waals surface area contributed by atoms with Gasteiger partial charge in [-0.15, -0.1) is 11.3 Å². The van der Waals surface area contributed by atoms with Crippen molar-refractivity contribution in [3.05, 3.63) is 70.7 Å². The zero-order valence-electron chi connectivity index (χ0n) is 17.2. The van der Waals surface area contributed by atoms with Crippen molar-refractivity contribution in [2.24, 2.45) is 0 Å². The lowest BCUT2D eigenvalue weighted by molar-refractivity contribution is -0.134. The predicted octanol–water partition coefficient (Wildman–Crippen LogP) is 4.47. The molecule has 7 nitrogen and oxygen atoms in total. The van der Waals surface area contributed by atoms with Crippen molar-refractivity contribution >= 4 is 34.3 Å². The number of benzene rings is 1. The number of amides is 1. The minimum atomic E-state index is -0.611. The van der Waals surface area contributed by atoms with Crippen molar-refractivity contribution in [3.8, 4) is 10.6 Å². The smallest absolute Gasteiger partial charge is 0.339 e. The monoisotopic (exact) mass is 435 g/mol. The number of fused-ring (bicyclic) bond motifs is 1. The predicted molar refractivity (Wildman–Crippen MR) is 118 cm³/mol. The molecule has 4 aromatic rings. The summed E-state index contributed by atoms with van der Waals surface area (Å²) >= 11 is 1.50. The Labute approximate surface area is 183 Å². The van der Waals surface area contributed by atoms with Gasteiger partial charge in [-0.1, -0.05) is 41.6 Å². The minimum Gasteiger partial charge on any atom is -0.452 e. The van der Waals surface area contributed by atoms with Crippen molar-refractivity contribution in [3.63, 3.8) is 0 Å². The second kappa shape index (κ2) is 9.09. The van der Waals surface area contributed by atoms with Crippen LogP contribution in [0.5, 0.6) is 0 Å². The van der Waals surface area contributed by atoms with E-state index < -0.39 is 5.97 Å². The molecule has 158 valence electrons. The largest absolute Gasteiger partial charge is 0.452 e. The summed E-state index contributed by atoms with van der Waals surface area (Å²) < 4.78 is 10.7. The summed E-state index contributed by atoms with van der Waals surface area (Å²) in [5.74, 6) is -0.869. The first-order chi connectivity index (χ1) is 15.1. The van der Waals surface area contributed by atoms with Crippen LogP contribution >= 0.6 is 11.3 Å². The second-order valence-electron chi connectivity index (χ2n) is 6.95. The van der Waals surface area contributed by atoms with Gasteiger partial charge in [0.05, 0.1) is 27.2 Å². The lowest BCUT2D eigenvalue weighted by atomic mass is 10.1. The Balaban J connectivity index is 1.53. The molecule has 0 unspecified atom stereocenters. The fraction of sp³-hybridized carbons (Fsp3) is 0.217. The number of carbonyl (C=O) groups excluding carboxylic acids is 2. The van der Waals surface area contributed by atoms with E-state index in [1.54, 1.807) is 17.9 Å². The van der Waals surface area contributed by atoms with Gasteiger partial charge in [0.1, 0.15) is 0 Å². The Morgan fingerprint density at radius 1 is 1.16 bits per heavy atom. The summed E-state index contributed by atoms with van der Waals surface area (Å²) in [6.07, 6.45) is 0. The van der Waals surface area contributed by atoms with Gasteiger partial charge in [0.15, 0.2) is 6.61 Å². The number of hydrogen-bond donors (Lipinski definition) is 0. The van der Waals surface area contributed by atoms with Gasteiger partial charge in [0.2, 0.25) is 0 Å². The van der Waals surface area contributed by atoms with Crippen molar-refractivity contribution in [1.82, 2.24) is 15.0 Å². The molecule has 0 spiro atoms. The first-order valence-electron chi connectivity index (χ1n) is 9.86. The average molecular weight is 436 g/mol. The number of ether oxygens (including phenoxy) is 1. The van der Waals surface area contributed by atoms with Crippen LogP contribution in [-0.4, -0.2) is 40.1 Å². The number of hydrogen-bond acceptors (Lipinski definition) is 7. The summed E-state index contributed by atoms with van der Waals surface area (Å²) in [6, 6.07) is 15.2. The van der Waals surface area contributed by atoms with Crippen LogP contribution < -0.4 is 0 Å². The molecule has 0 saturated heterocycles. The van der Waals surface area contributed by atoms with Crippen molar-refractivity contribution in [2.45, 2.75) is 20.4 Å². The molecule has 3 heterocycles. The van der Waals surface area contributed by atoms with Gasteiger partial charge in [-0.05, 0) is 36.9 Å². The lowest BCUT2D eigenvalue weighted by Gasteiger charge is -2.21. The molecule has 0 aliphatic carbocycles. The molecule has 1 aromatic carbocycles. The van der Waals surface area contributed by atoms with E-state index in [-0.39, 0.29) is 23.8 Å². The molecule has 0 bridgehead atoms. The third-order valence-electron chi connectivity index (χ3n) is 4.89. The van der Waals surface area contributed by atoms with E-state index in [1.165, 1.54) is 11.3 Å². The fourth-order valence-corrected chi connectivity index (χ4v) is 3.97. The van der Waals surface area contributed by atoms with Crippen LogP contribution in [0, 0.1) is 6.92 Å². The molecule has 0 saturated carbocycles. The van der Waals surface area contributed by atoms with Gasteiger partial charge in [-0.2, -0.15) is 0 Å². The Kier molecular flexibility index (Phi) is 6.08. The van der Waals surface area contributed by atoms with Crippen molar-refractivity contribution in [2.75, 3.05) is 13.2 Å². The number of thiophene rings is 1. The maximum absolute atomic E-state index is 12.9. The summed E-state index contributed by atoms with van der Waals surface area (Å²) in [7, 11) is 0. The summed E-state index contributed by atoms with van der Waals surface area (Å²) in [5, 5.41) is 6.35. The summed E-state index contributed by atoms with van der Waals surface area (Å²) in [5.41, 5.74) is 2.70. The number of nitrogens with zero attached hydrogens (tertiary/aromatic N) is 3. The number of likely N-dealkylation sites (N-methyl/N-ethyl adjacent to an activating group) is 1. The highest BCUT2D eigenvalue weighted by Crippen LogP contribution is 2.29. The Morgan fingerprint density at radius 2 is 1.97 bits per heavy atom. The standard InChI is InChI=1S/C23H21N3O4S/c1-3-26(13-16-8-5-4-6-9-16)20(27)14-29-23(28)17-12-18(19-10-7-11-31-19)24-22-21(17)15(2)25-30-22/h4-12H,3,13-14H2,1-2H3. The highest BCUT2D eigenvalue weighted by molar-refractivity contribution is 7.13. The van der Waals surface area contributed by atoms with Crippen molar-refractivity contribution in [1.29, 1.82) is 0 Å². The number of carbonyl (C=O) groups is 2. The molecule has 1 amide bonds. The Hall–Kier alpha value is -3.52. The van der Waals surface area contributed by atoms with E-state index >= 15 is 0 Å². The van der Waals surface area contributed by atoms with Crippen LogP contribution in [0.4, 0.5) is 0 Å². The molecule has 3 aromatic heterocycles. The SMILES string of the molecule is CCN(Cc1ccccc1)C(=O)COC(=O)c1cc(-c2cccs2)nc2onc(C)c12. The van der Waals surface area contributed by atoms with Crippen LogP contribution in [-0.2, 0) is 16.1 Å². The van der Waals surface area contributed by atoms with E-state index in [1.807, 2.05) is 54.8 Å². The number of aromatic nitrogens is 2. The maximum atomic E-state index is 12.9. The van der Waals surface area contributed by atoms with Crippen LogP contribution in [0.15, 0.2) is 58.4 Å². The van der Waals surface area contributed by atoms with Crippen molar-refractivity contribution < 1.29 is 18.8 Å². The highest BCUT2D eigenvalue weighted by Gasteiger charge is 2.22. The van der Waals surface area contributed by atoms with E-state index in [2.05, 4.69) is 10.1 Å². The molecule has 8 heteroatoms. The molecule has 0 fully saturated rings. The first kappa shape index (κ1) is 20.7.